The van der Waals surface area contributed by atoms with Crippen LogP contribution in [0.15, 0.2) is 55.4 Å². The molecule has 1 N–H and O–H groups in total. The van der Waals surface area contributed by atoms with Crippen molar-refractivity contribution in [2.24, 2.45) is 7.05 Å². The third-order valence-electron chi connectivity index (χ3n) is 8.10. The van der Waals surface area contributed by atoms with Crippen LogP contribution in [0.1, 0.15) is 44.6 Å². The molecule has 3 aromatic rings. The van der Waals surface area contributed by atoms with Crippen LogP contribution in [-0.2, 0) is 36.5 Å². The second kappa shape index (κ2) is 9.22. The minimum absolute atomic E-state index is 0.0149. The number of anilines is 1. The molecule has 2 aromatic carbocycles. The Bertz CT molecular complexity index is 1490. The van der Waals surface area contributed by atoms with E-state index in [4.69, 9.17) is 4.74 Å². The lowest BCUT2D eigenvalue weighted by Gasteiger charge is -2.44. The van der Waals surface area contributed by atoms with Gasteiger partial charge in [0.05, 0.1) is 30.7 Å². The Morgan fingerprint density at radius 2 is 1.98 bits per heavy atom. The molecule has 0 unspecified atom stereocenters. The van der Waals surface area contributed by atoms with Gasteiger partial charge in [-0.3, -0.25) is 9.69 Å². The fraction of sp³-hybridized carbons (Fsp3) is 0.393. The third kappa shape index (κ3) is 4.21. The van der Waals surface area contributed by atoms with Crippen LogP contribution in [-0.4, -0.2) is 62.6 Å². The van der Waals surface area contributed by atoms with E-state index in [1.54, 1.807) is 36.2 Å². The molecule has 210 valence electrons. The number of likely N-dealkylation sites (tertiary alicyclic amines) is 1. The topological polar surface area (TPSA) is 83.7 Å². The largest absolute Gasteiger partial charge is 0.416 e. The highest BCUT2D eigenvalue weighted by Crippen LogP contribution is 2.47. The van der Waals surface area contributed by atoms with Crippen LogP contribution in [0.4, 0.5) is 23.2 Å². The molecule has 2 saturated heterocycles. The second-order valence-corrected chi connectivity index (χ2v) is 10.9. The normalized spacial score (nSPS) is 20.6. The Balaban J connectivity index is 1.31. The zero-order valence-electron chi connectivity index (χ0n) is 21.7. The van der Waals surface area contributed by atoms with Gasteiger partial charge in [-0.1, -0.05) is 18.2 Å². The number of hydrogen-bond acceptors (Lipinski definition) is 6. The minimum atomic E-state index is -4.67. The van der Waals surface area contributed by atoms with E-state index < -0.39 is 34.8 Å². The van der Waals surface area contributed by atoms with Crippen LogP contribution < -0.4 is 4.90 Å². The molecule has 0 spiro atoms. The average Bonchev–Trinajstić information content (AvgIpc) is 3.44. The molecule has 12 heteroatoms. The maximum Gasteiger partial charge on any atom is 0.416 e. The van der Waals surface area contributed by atoms with Gasteiger partial charge in [-0.25, -0.2) is 4.39 Å². The summed E-state index contributed by atoms with van der Waals surface area (Å²) in [6.45, 7) is 4.12. The first-order valence-electron chi connectivity index (χ1n) is 12.7. The van der Waals surface area contributed by atoms with E-state index in [1.807, 2.05) is 0 Å². The van der Waals surface area contributed by atoms with E-state index in [1.165, 1.54) is 27.9 Å². The molecule has 8 nitrogen and oxygen atoms in total. The number of aryl methyl sites for hydroxylation is 1. The number of alkyl halides is 4. The maximum atomic E-state index is 15.8. The molecule has 1 atom stereocenters. The van der Waals surface area contributed by atoms with E-state index in [0.29, 0.717) is 16.8 Å². The van der Waals surface area contributed by atoms with Crippen molar-refractivity contribution >= 4 is 11.6 Å². The molecule has 0 radical (unpaired) electrons. The Hall–Kier alpha value is -3.61. The number of amides is 1. The first kappa shape index (κ1) is 26.6. The minimum Gasteiger partial charge on any atom is -0.383 e. The van der Waals surface area contributed by atoms with Gasteiger partial charge in [-0.05, 0) is 41.0 Å². The number of halogens is 4. The number of hydrogen-bond donors (Lipinski definition) is 1. The van der Waals surface area contributed by atoms with Crippen LogP contribution in [0.5, 0.6) is 0 Å². The molecular weight excluding hydrogens is 530 g/mol. The van der Waals surface area contributed by atoms with Gasteiger partial charge in [-0.15, -0.1) is 16.8 Å². The van der Waals surface area contributed by atoms with Crippen molar-refractivity contribution < 1.29 is 32.2 Å². The van der Waals surface area contributed by atoms with E-state index in [-0.39, 0.29) is 56.3 Å². The summed E-state index contributed by atoms with van der Waals surface area (Å²) in [6, 6.07) is 9.21. The number of carbonyl (C=O) groups excluding carboxylic acids is 1. The molecular formula is C28H27F4N5O3. The maximum absolute atomic E-state index is 15.8. The molecule has 0 saturated carbocycles. The molecule has 3 aliphatic heterocycles. The summed E-state index contributed by atoms with van der Waals surface area (Å²) in [5.41, 5.74) is -1.85. The van der Waals surface area contributed by atoms with Gasteiger partial charge in [0, 0.05) is 37.9 Å². The first-order chi connectivity index (χ1) is 18.9. The molecule has 1 amide bonds. The van der Waals surface area contributed by atoms with Crippen molar-refractivity contribution in [3.63, 3.8) is 0 Å². The van der Waals surface area contributed by atoms with Gasteiger partial charge < -0.3 is 19.3 Å². The van der Waals surface area contributed by atoms with E-state index in [9.17, 15) is 23.1 Å². The molecule has 3 aliphatic rings. The van der Waals surface area contributed by atoms with E-state index in [2.05, 4.69) is 16.8 Å². The molecule has 4 heterocycles. The highest BCUT2D eigenvalue weighted by Gasteiger charge is 2.51. The molecule has 40 heavy (non-hydrogen) atoms. The summed E-state index contributed by atoms with van der Waals surface area (Å²) < 4.78 is 65.2. The first-order valence-corrected chi connectivity index (χ1v) is 12.7. The SMILES string of the molecule is C=CC1(O)CN(Cc2cc3c(c(C(F)(F)F)c2)CN(c2cccc(C4([C@@H](F)c5nncn5C)COC4)c2)C3=O)C1. The van der Waals surface area contributed by atoms with Crippen LogP contribution in [0.3, 0.4) is 0 Å². The van der Waals surface area contributed by atoms with Gasteiger partial charge in [0.2, 0.25) is 0 Å². The summed E-state index contributed by atoms with van der Waals surface area (Å²) in [4.78, 5) is 16.6. The standard InChI is InChI=1S/C28H27F4N5O3/c1-3-26(39)12-36(13-26)10-17-7-20-21(22(8-17)28(30,31)32)11-37(25(20)38)19-6-4-5-18(9-19)27(14-40-15-27)23(29)24-34-33-16-35(24)2/h3-9,16,23,39H,1,10-15H2,2H3/t23-/m0/s1. The lowest BCUT2D eigenvalue weighted by molar-refractivity contribution is -0.138. The predicted molar refractivity (Wildman–Crippen MR) is 136 cm³/mol. The quantitative estimate of drug-likeness (QED) is 0.353. The molecule has 2 fully saturated rings. The van der Waals surface area contributed by atoms with Gasteiger partial charge in [-0.2, -0.15) is 13.2 Å². The van der Waals surface area contributed by atoms with Crippen LogP contribution in [0.25, 0.3) is 0 Å². The predicted octanol–water partition coefficient (Wildman–Crippen LogP) is 3.71. The van der Waals surface area contributed by atoms with Gasteiger partial charge in [0.25, 0.3) is 5.91 Å². The third-order valence-corrected chi connectivity index (χ3v) is 8.10. The number of β-amino-alcohol motifs (C(OH)–C–C–N with tert-alkyl or cyclic N) is 1. The van der Waals surface area contributed by atoms with Gasteiger partial charge in [0.15, 0.2) is 12.0 Å². The monoisotopic (exact) mass is 557 g/mol. The number of carbonyl (C=O) groups is 1. The van der Waals surface area contributed by atoms with Crippen LogP contribution >= 0.6 is 0 Å². The van der Waals surface area contributed by atoms with Crippen LogP contribution in [0.2, 0.25) is 0 Å². The highest BCUT2D eigenvalue weighted by molar-refractivity contribution is 6.10. The Morgan fingerprint density at radius 1 is 1.23 bits per heavy atom. The summed E-state index contributed by atoms with van der Waals surface area (Å²) in [6.07, 6.45) is -3.39. The zero-order valence-corrected chi connectivity index (χ0v) is 21.7. The highest BCUT2D eigenvalue weighted by atomic mass is 19.4. The number of aromatic nitrogens is 3. The van der Waals surface area contributed by atoms with Crippen molar-refractivity contribution in [1.82, 2.24) is 19.7 Å². The number of ether oxygens (including phenoxy) is 1. The van der Waals surface area contributed by atoms with Crippen molar-refractivity contribution in [3.8, 4) is 0 Å². The van der Waals surface area contributed by atoms with Crippen molar-refractivity contribution in [1.29, 1.82) is 0 Å². The lowest BCUT2D eigenvalue weighted by atomic mass is 9.74. The number of fused-ring (bicyclic) bond motifs is 1. The average molecular weight is 558 g/mol. The zero-order chi connectivity index (χ0) is 28.4. The molecule has 0 aliphatic carbocycles. The molecule has 6 rings (SSSR count). The summed E-state index contributed by atoms with van der Waals surface area (Å²) >= 11 is 0. The van der Waals surface area contributed by atoms with Crippen molar-refractivity contribution in [2.75, 3.05) is 31.2 Å². The lowest BCUT2D eigenvalue weighted by Crippen LogP contribution is -2.59. The molecule has 1 aromatic heterocycles. The smallest absolute Gasteiger partial charge is 0.383 e. The summed E-state index contributed by atoms with van der Waals surface area (Å²) in [5, 5.41) is 17.8. The number of nitrogens with zero attached hydrogens (tertiary/aromatic N) is 5. The number of aliphatic hydroxyl groups is 1. The summed E-state index contributed by atoms with van der Waals surface area (Å²) in [5.74, 6) is -0.427. The van der Waals surface area contributed by atoms with Crippen LogP contribution in [0, 0.1) is 0 Å². The van der Waals surface area contributed by atoms with Crippen molar-refractivity contribution in [2.45, 2.75) is 36.5 Å². The van der Waals surface area contributed by atoms with Gasteiger partial charge in [0.1, 0.15) is 11.9 Å². The molecule has 0 bridgehead atoms. The van der Waals surface area contributed by atoms with E-state index >= 15 is 4.39 Å². The van der Waals surface area contributed by atoms with Gasteiger partial charge >= 0.3 is 6.18 Å². The number of rotatable bonds is 7. The summed E-state index contributed by atoms with van der Waals surface area (Å²) in [7, 11) is 1.64. The Kier molecular flexibility index (Phi) is 6.13. The van der Waals surface area contributed by atoms with E-state index in [0.717, 1.165) is 6.07 Å². The number of benzene rings is 2. The second-order valence-electron chi connectivity index (χ2n) is 10.9. The fourth-order valence-corrected chi connectivity index (χ4v) is 5.78. The Labute approximate surface area is 227 Å². The van der Waals surface area contributed by atoms with Crippen molar-refractivity contribution in [3.05, 3.63) is 89.0 Å². The fourth-order valence-electron chi connectivity index (χ4n) is 5.78. The Morgan fingerprint density at radius 3 is 2.58 bits per heavy atom.